The lowest BCUT2D eigenvalue weighted by molar-refractivity contribution is 0.164. The van der Waals surface area contributed by atoms with Crippen LogP contribution in [0, 0.1) is 18.6 Å². The molecule has 7 heteroatoms. The lowest BCUT2D eigenvalue weighted by atomic mass is 10.1. The molecule has 0 saturated heterocycles. The fraction of sp³-hybridized carbons (Fsp3) is 0.235. The smallest absolute Gasteiger partial charge is 0.152 e. The van der Waals surface area contributed by atoms with Crippen LogP contribution < -0.4 is 5.32 Å². The van der Waals surface area contributed by atoms with E-state index in [-0.39, 0.29) is 12.1 Å². The molecule has 126 valence electrons. The van der Waals surface area contributed by atoms with E-state index in [0.717, 1.165) is 29.2 Å². The van der Waals surface area contributed by atoms with E-state index < -0.39 is 17.7 Å². The second-order valence-corrected chi connectivity index (χ2v) is 5.46. The van der Waals surface area contributed by atoms with Gasteiger partial charge in [-0.15, -0.1) is 0 Å². The van der Waals surface area contributed by atoms with E-state index in [2.05, 4.69) is 15.5 Å². The maximum absolute atomic E-state index is 13.6. The average molecular weight is 333 g/mol. The average Bonchev–Trinajstić information content (AvgIpc) is 3.15. The molecule has 0 saturated carbocycles. The molecule has 0 fully saturated rings. The third kappa shape index (κ3) is 3.37. The Labute approximate surface area is 137 Å². The van der Waals surface area contributed by atoms with Crippen molar-refractivity contribution in [2.45, 2.75) is 19.6 Å². The highest BCUT2D eigenvalue weighted by Gasteiger charge is 2.18. The van der Waals surface area contributed by atoms with Gasteiger partial charge >= 0.3 is 0 Å². The molecule has 1 atom stereocenters. The van der Waals surface area contributed by atoms with Crippen molar-refractivity contribution in [2.75, 3.05) is 6.54 Å². The van der Waals surface area contributed by atoms with E-state index in [1.807, 2.05) is 19.1 Å². The molecule has 3 N–H and O–H groups in total. The van der Waals surface area contributed by atoms with Gasteiger partial charge in [0.05, 0.1) is 17.9 Å². The number of benzene rings is 1. The van der Waals surface area contributed by atoms with Crippen molar-refractivity contribution in [3.63, 3.8) is 0 Å². The summed E-state index contributed by atoms with van der Waals surface area (Å²) in [5.74, 6) is -0.0924. The second-order valence-electron chi connectivity index (χ2n) is 5.46. The summed E-state index contributed by atoms with van der Waals surface area (Å²) < 4.78 is 32.8. The number of hydrogen-bond acceptors (Lipinski definition) is 4. The number of aliphatic hydroxyl groups is 1. The SMILES string of the molecule is Cc1ccc(-c2[nH]ncc2CNCC(O)c2c(F)cccc2F)o1. The molecule has 0 aliphatic carbocycles. The zero-order valence-electron chi connectivity index (χ0n) is 13.0. The summed E-state index contributed by atoms with van der Waals surface area (Å²) >= 11 is 0. The summed E-state index contributed by atoms with van der Waals surface area (Å²) in [6, 6.07) is 7.18. The zero-order valence-corrected chi connectivity index (χ0v) is 13.0. The Balaban J connectivity index is 1.64. The molecular formula is C17H17F2N3O2. The van der Waals surface area contributed by atoms with Crippen molar-refractivity contribution in [1.82, 2.24) is 15.5 Å². The first-order valence-electron chi connectivity index (χ1n) is 7.48. The molecule has 3 rings (SSSR count). The largest absolute Gasteiger partial charge is 0.460 e. The van der Waals surface area contributed by atoms with E-state index in [1.54, 1.807) is 6.20 Å². The molecule has 0 amide bonds. The summed E-state index contributed by atoms with van der Waals surface area (Å²) in [6.45, 7) is 2.20. The van der Waals surface area contributed by atoms with Gasteiger partial charge in [-0.2, -0.15) is 5.10 Å². The van der Waals surface area contributed by atoms with Crippen LogP contribution in [0.3, 0.4) is 0 Å². The number of aromatic amines is 1. The number of hydrogen-bond donors (Lipinski definition) is 3. The number of aliphatic hydroxyl groups excluding tert-OH is 1. The summed E-state index contributed by atoms with van der Waals surface area (Å²) in [5.41, 5.74) is 1.21. The zero-order chi connectivity index (χ0) is 17.1. The Hall–Kier alpha value is -2.51. The van der Waals surface area contributed by atoms with Crippen LogP contribution in [-0.2, 0) is 6.54 Å². The number of nitrogens with zero attached hydrogens (tertiary/aromatic N) is 1. The first-order chi connectivity index (χ1) is 11.6. The maximum atomic E-state index is 13.6. The number of nitrogens with one attached hydrogen (secondary N) is 2. The van der Waals surface area contributed by atoms with Crippen LogP contribution in [0.4, 0.5) is 8.78 Å². The molecule has 1 aromatic carbocycles. The van der Waals surface area contributed by atoms with Gasteiger partial charge in [0.15, 0.2) is 5.76 Å². The fourth-order valence-electron chi connectivity index (χ4n) is 2.50. The predicted molar refractivity (Wildman–Crippen MR) is 84.1 cm³/mol. The number of H-pyrrole nitrogens is 1. The standard InChI is InChI=1S/C17H17F2N3O2/c1-10-5-6-15(24-10)17-11(8-21-22-17)7-20-9-14(23)16-12(18)3-2-4-13(16)19/h2-6,8,14,20,23H,7,9H2,1H3,(H,21,22). The molecule has 0 spiro atoms. The van der Waals surface area contributed by atoms with Crippen LogP contribution in [0.15, 0.2) is 40.9 Å². The lowest BCUT2D eigenvalue weighted by Gasteiger charge is -2.13. The molecule has 0 aliphatic heterocycles. The Morgan fingerprint density at radius 1 is 1.25 bits per heavy atom. The molecule has 24 heavy (non-hydrogen) atoms. The van der Waals surface area contributed by atoms with Gasteiger partial charge in [-0.25, -0.2) is 8.78 Å². The first kappa shape index (κ1) is 16.4. The Bertz CT molecular complexity index is 809. The molecule has 0 aliphatic rings. The van der Waals surface area contributed by atoms with E-state index in [4.69, 9.17) is 4.42 Å². The van der Waals surface area contributed by atoms with Crippen molar-refractivity contribution in [3.8, 4) is 11.5 Å². The summed E-state index contributed by atoms with van der Waals surface area (Å²) in [6.07, 6.45) is 0.350. The fourth-order valence-corrected chi connectivity index (χ4v) is 2.50. The van der Waals surface area contributed by atoms with Crippen molar-refractivity contribution >= 4 is 0 Å². The molecular weight excluding hydrogens is 316 g/mol. The lowest BCUT2D eigenvalue weighted by Crippen LogP contribution is -2.22. The highest BCUT2D eigenvalue weighted by Crippen LogP contribution is 2.24. The Morgan fingerprint density at radius 3 is 2.67 bits per heavy atom. The number of aryl methyl sites for hydroxylation is 1. The second kappa shape index (κ2) is 6.94. The van der Waals surface area contributed by atoms with Crippen LogP contribution in [-0.4, -0.2) is 21.8 Å². The van der Waals surface area contributed by atoms with Gasteiger partial charge in [-0.3, -0.25) is 5.10 Å². The van der Waals surface area contributed by atoms with Gasteiger partial charge in [0.2, 0.25) is 0 Å². The summed E-state index contributed by atoms with van der Waals surface area (Å²) in [7, 11) is 0. The minimum absolute atomic E-state index is 0.000341. The Kier molecular flexibility index (Phi) is 4.73. The van der Waals surface area contributed by atoms with E-state index in [9.17, 15) is 13.9 Å². The highest BCUT2D eigenvalue weighted by atomic mass is 19.1. The van der Waals surface area contributed by atoms with Gasteiger partial charge in [-0.05, 0) is 31.2 Å². The van der Waals surface area contributed by atoms with Crippen LogP contribution in [0.5, 0.6) is 0 Å². The van der Waals surface area contributed by atoms with E-state index >= 15 is 0 Å². The molecule has 2 heterocycles. The van der Waals surface area contributed by atoms with Gasteiger partial charge < -0.3 is 14.8 Å². The molecule has 0 bridgehead atoms. The maximum Gasteiger partial charge on any atom is 0.152 e. The van der Waals surface area contributed by atoms with Crippen molar-refractivity contribution in [3.05, 3.63) is 65.1 Å². The third-order valence-corrected chi connectivity index (χ3v) is 3.69. The summed E-state index contributed by atoms with van der Waals surface area (Å²) in [5, 5.41) is 19.8. The predicted octanol–water partition coefficient (Wildman–Crippen LogP) is 3.08. The molecule has 3 aromatic rings. The number of aromatic nitrogens is 2. The summed E-state index contributed by atoms with van der Waals surface area (Å²) in [4.78, 5) is 0. The molecule has 0 radical (unpaired) electrons. The Morgan fingerprint density at radius 2 is 2.00 bits per heavy atom. The van der Waals surface area contributed by atoms with Gasteiger partial charge in [-0.1, -0.05) is 6.07 Å². The molecule has 5 nitrogen and oxygen atoms in total. The van der Waals surface area contributed by atoms with Gasteiger partial charge in [0.1, 0.15) is 23.1 Å². The van der Waals surface area contributed by atoms with Crippen molar-refractivity contribution < 1.29 is 18.3 Å². The van der Waals surface area contributed by atoms with Crippen LogP contribution in [0.25, 0.3) is 11.5 Å². The first-order valence-corrected chi connectivity index (χ1v) is 7.48. The third-order valence-electron chi connectivity index (χ3n) is 3.69. The monoisotopic (exact) mass is 333 g/mol. The van der Waals surface area contributed by atoms with Gasteiger partial charge in [0, 0.05) is 18.7 Å². The van der Waals surface area contributed by atoms with Crippen molar-refractivity contribution in [2.24, 2.45) is 0 Å². The molecule has 2 aromatic heterocycles. The van der Waals surface area contributed by atoms with Crippen LogP contribution in [0.2, 0.25) is 0 Å². The topological polar surface area (TPSA) is 74.1 Å². The normalized spacial score (nSPS) is 12.5. The number of rotatable bonds is 6. The van der Waals surface area contributed by atoms with E-state index in [0.29, 0.717) is 12.3 Å². The minimum Gasteiger partial charge on any atom is -0.460 e. The highest BCUT2D eigenvalue weighted by molar-refractivity contribution is 5.56. The van der Waals surface area contributed by atoms with Crippen LogP contribution in [0.1, 0.15) is 23.0 Å². The van der Waals surface area contributed by atoms with E-state index in [1.165, 1.54) is 6.07 Å². The molecule has 1 unspecified atom stereocenters. The number of halogens is 2. The minimum atomic E-state index is -1.28. The number of furan rings is 1. The van der Waals surface area contributed by atoms with Gasteiger partial charge in [0.25, 0.3) is 0 Å². The quantitative estimate of drug-likeness (QED) is 0.648. The van der Waals surface area contributed by atoms with Crippen molar-refractivity contribution in [1.29, 1.82) is 0 Å². The van der Waals surface area contributed by atoms with Crippen LogP contribution >= 0.6 is 0 Å².